The Labute approximate surface area is 120 Å². The molecule has 3 rings (SSSR count). The number of hydrogen-bond donors (Lipinski definition) is 1. The van der Waals surface area contributed by atoms with Crippen LogP contribution in [0.15, 0.2) is 42.5 Å². The Morgan fingerprint density at radius 3 is 2.75 bits per heavy atom. The molecule has 5 heteroatoms. The average Bonchev–Trinajstić information content (AvgIpc) is 2.66. The van der Waals surface area contributed by atoms with Crippen LogP contribution in [0.5, 0.6) is 0 Å². The first-order chi connectivity index (χ1) is 9.58. The predicted molar refractivity (Wildman–Crippen MR) is 76.0 cm³/mol. The first kappa shape index (κ1) is 13.1. The van der Waals surface area contributed by atoms with Crippen molar-refractivity contribution in [2.45, 2.75) is 12.6 Å². The number of fused-ring (bicyclic) bond motifs is 1. The van der Waals surface area contributed by atoms with Gasteiger partial charge in [-0.15, -0.1) is 0 Å². The molecule has 0 bridgehead atoms. The van der Waals surface area contributed by atoms with Crippen molar-refractivity contribution in [2.75, 3.05) is 4.90 Å². The number of anilines is 1. The summed E-state index contributed by atoms with van der Waals surface area (Å²) in [5.41, 5.74) is 7.83. The second kappa shape index (κ2) is 4.89. The monoisotopic (exact) mass is 290 g/mol. The minimum absolute atomic E-state index is 0.245. The van der Waals surface area contributed by atoms with Gasteiger partial charge < -0.3 is 10.6 Å². The van der Waals surface area contributed by atoms with E-state index in [1.54, 1.807) is 17.0 Å². The first-order valence-corrected chi connectivity index (χ1v) is 6.55. The van der Waals surface area contributed by atoms with Gasteiger partial charge in [0.15, 0.2) is 0 Å². The smallest absolute Gasteiger partial charge is 0.248 e. The molecule has 0 fully saturated rings. The van der Waals surface area contributed by atoms with Crippen molar-refractivity contribution in [2.24, 2.45) is 5.73 Å². The van der Waals surface area contributed by atoms with E-state index in [-0.39, 0.29) is 5.91 Å². The van der Waals surface area contributed by atoms with Crippen molar-refractivity contribution in [1.82, 2.24) is 0 Å². The molecule has 1 aliphatic rings. The van der Waals surface area contributed by atoms with E-state index in [1.165, 1.54) is 12.1 Å². The van der Waals surface area contributed by atoms with Gasteiger partial charge in [0.25, 0.3) is 0 Å². The fraction of sp³-hybridized carbons (Fsp3) is 0.133. The van der Waals surface area contributed by atoms with E-state index in [4.69, 9.17) is 17.3 Å². The van der Waals surface area contributed by atoms with Crippen molar-refractivity contribution in [3.63, 3.8) is 0 Å². The Bertz CT molecular complexity index is 689. The lowest BCUT2D eigenvalue weighted by Gasteiger charge is -2.18. The molecule has 20 heavy (non-hydrogen) atoms. The third-order valence-corrected chi connectivity index (χ3v) is 3.80. The van der Waals surface area contributed by atoms with E-state index >= 15 is 0 Å². The molecule has 0 aromatic heterocycles. The van der Waals surface area contributed by atoms with Crippen LogP contribution in [-0.4, -0.2) is 5.91 Å². The normalized spacial score (nSPS) is 17.4. The Hall–Kier alpha value is -1.91. The molecule has 0 spiro atoms. The van der Waals surface area contributed by atoms with Crippen LogP contribution in [-0.2, 0) is 11.3 Å². The van der Waals surface area contributed by atoms with E-state index in [2.05, 4.69) is 0 Å². The van der Waals surface area contributed by atoms with Crippen LogP contribution >= 0.6 is 11.6 Å². The van der Waals surface area contributed by atoms with Crippen molar-refractivity contribution < 1.29 is 9.18 Å². The summed E-state index contributed by atoms with van der Waals surface area (Å²) in [5.74, 6) is -0.642. The van der Waals surface area contributed by atoms with E-state index in [0.717, 1.165) is 5.56 Å². The van der Waals surface area contributed by atoms with Gasteiger partial charge in [0.1, 0.15) is 11.9 Å². The van der Waals surface area contributed by atoms with Crippen LogP contribution in [0.2, 0.25) is 5.02 Å². The summed E-state index contributed by atoms with van der Waals surface area (Å²) in [6.45, 7) is 0.324. The molecule has 0 unspecified atom stereocenters. The minimum atomic E-state index is -0.816. The van der Waals surface area contributed by atoms with Gasteiger partial charge in [-0.1, -0.05) is 29.8 Å². The molecule has 0 saturated heterocycles. The Balaban J connectivity index is 2.00. The van der Waals surface area contributed by atoms with Gasteiger partial charge in [0, 0.05) is 16.3 Å². The summed E-state index contributed by atoms with van der Waals surface area (Å²) in [4.78, 5) is 13.8. The SMILES string of the molecule is N[C@H]1C(=O)N(Cc2ccccc2Cl)c2ccc(F)cc21. The second-order valence-electron chi connectivity index (χ2n) is 4.70. The van der Waals surface area contributed by atoms with Crippen LogP contribution in [0.1, 0.15) is 17.2 Å². The number of nitrogens with two attached hydrogens (primary N) is 1. The van der Waals surface area contributed by atoms with Gasteiger partial charge >= 0.3 is 0 Å². The van der Waals surface area contributed by atoms with Gasteiger partial charge in [-0.05, 0) is 29.8 Å². The fourth-order valence-corrected chi connectivity index (χ4v) is 2.60. The van der Waals surface area contributed by atoms with Gasteiger partial charge in [-0.25, -0.2) is 4.39 Å². The largest absolute Gasteiger partial charge is 0.316 e. The quantitative estimate of drug-likeness (QED) is 0.924. The highest BCUT2D eigenvalue weighted by atomic mass is 35.5. The van der Waals surface area contributed by atoms with E-state index in [9.17, 15) is 9.18 Å². The number of rotatable bonds is 2. The maximum Gasteiger partial charge on any atom is 0.248 e. The molecule has 2 aromatic rings. The highest BCUT2D eigenvalue weighted by molar-refractivity contribution is 6.31. The molecule has 0 radical (unpaired) electrons. The fourth-order valence-electron chi connectivity index (χ4n) is 2.40. The number of hydrogen-bond acceptors (Lipinski definition) is 2. The standard InChI is InChI=1S/C15H12ClFN2O/c16-12-4-2-1-3-9(12)8-19-13-6-5-10(17)7-11(13)14(18)15(19)20/h1-7,14H,8,18H2/t14-/m1/s1. The van der Waals surface area contributed by atoms with Crippen LogP contribution < -0.4 is 10.6 Å². The molecule has 2 N–H and O–H groups in total. The molecule has 1 atom stereocenters. The second-order valence-corrected chi connectivity index (χ2v) is 5.10. The summed E-state index contributed by atoms with van der Waals surface area (Å²) >= 11 is 6.11. The van der Waals surface area contributed by atoms with Crippen molar-refractivity contribution in [3.05, 3.63) is 64.4 Å². The molecule has 3 nitrogen and oxygen atoms in total. The summed E-state index contributed by atoms with van der Waals surface area (Å²) in [6.07, 6.45) is 0. The Kier molecular flexibility index (Phi) is 3.20. The zero-order chi connectivity index (χ0) is 14.3. The van der Waals surface area contributed by atoms with Crippen LogP contribution in [0.4, 0.5) is 10.1 Å². The zero-order valence-electron chi connectivity index (χ0n) is 10.5. The highest BCUT2D eigenvalue weighted by Crippen LogP contribution is 2.36. The molecule has 2 aromatic carbocycles. The zero-order valence-corrected chi connectivity index (χ0v) is 11.3. The predicted octanol–water partition coefficient (Wildman–Crippen LogP) is 3.03. The minimum Gasteiger partial charge on any atom is -0.316 e. The van der Waals surface area contributed by atoms with Gasteiger partial charge in [-0.2, -0.15) is 0 Å². The third kappa shape index (κ3) is 2.07. The summed E-state index contributed by atoms with van der Waals surface area (Å²) in [6, 6.07) is 10.7. The third-order valence-electron chi connectivity index (χ3n) is 3.43. The lowest BCUT2D eigenvalue weighted by Crippen LogP contribution is -2.31. The number of carbonyl (C=O) groups is 1. The van der Waals surface area contributed by atoms with Gasteiger partial charge in [0.05, 0.1) is 6.54 Å². The van der Waals surface area contributed by atoms with E-state index in [0.29, 0.717) is 22.8 Å². The topological polar surface area (TPSA) is 46.3 Å². The molecular weight excluding hydrogens is 279 g/mol. The Morgan fingerprint density at radius 2 is 2.00 bits per heavy atom. The van der Waals surface area contributed by atoms with Gasteiger partial charge in [0.2, 0.25) is 5.91 Å². The van der Waals surface area contributed by atoms with Gasteiger partial charge in [-0.3, -0.25) is 4.79 Å². The summed E-state index contributed by atoms with van der Waals surface area (Å²) in [7, 11) is 0. The molecule has 1 amide bonds. The lowest BCUT2D eigenvalue weighted by atomic mass is 10.1. The summed E-state index contributed by atoms with van der Waals surface area (Å²) in [5, 5.41) is 0.587. The maximum atomic E-state index is 13.3. The lowest BCUT2D eigenvalue weighted by molar-refractivity contribution is -0.119. The van der Waals surface area contributed by atoms with Crippen molar-refractivity contribution in [1.29, 1.82) is 0 Å². The molecule has 1 aliphatic heterocycles. The number of amides is 1. The van der Waals surface area contributed by atoms with Crippen LogP contribution in [0.3, 0.4) is 0 Å². The summed E-state index contributed by atoms with van der Waals surface area (Å²) < 4.78 is 13.3. The van der Waals surface area contributed by atoms with E-state index in [1.807, 2.05) is 18.2 Å². The number of nitrogens with zero attached hydrogens (tertiary/aromatic N) is 1. The van der Waals surface area contributed by atoms with E-state index < -0.39 is 11.9 Å². The number of benzene rings is 2. The molecule has 0 saturated carbocycles. The molecule has 0 aliphatic carbocycles. The van der Waals surface area contributed by atoms with Crippen molar-refractivity contribution >= 4 is 23.2 Å². The van der Waals surface area contributed by atoms with Crippen LogP contribution in [0, 0.1) is 5.82 Å². The average molecular weight is 291 g/mol. The number of carbonyl (C=O) groups excluding carboxylic acids is 1. The molecule has 102 valence electrons. The maximum absolute atomic E-state index is 13.3. The van der Waals surface area contributed by atoms with Crippen LogP contribution in [0.25, 0.3) is 0 Å². The molecular formula is C15H12ClFN2O. The first-order valence-electron chi connectivity index (χ1n) is 6.18. The number of halogens is 2. The highest BCUT2D eigenvalue weighted by Gasteiger charge is 2.35. The van der Waals surface area contributed by atoms with Crippen molar-refractivity contribution in [3.8, 4) is 0 Å². The molecule has 1 heterocycles. The Morgan fingerprint density at radius 1 is 1.25 bits per heavy atom.